The second kappa shape index (κ2) is 9.70. The molecule has 24 heavy (non-hydrogen) atoms. The molecule has 0 saturated carbocycles. The molecule has 2 aromatic rings. The van der Waals surface area contributed by atoms with Crippen LogP contribution in [0.1, 0.15) is 11.1 Å². The Balaban J connectivity index is 1.98. The summed E-state index contributed by atoms with van der Waals surface area (Å²) < 4.78 is 5.88. The summed E-state index contributed by atoms with van der Waals surface area (Å²) >= 11 is 11.3. The zero-order valence-electron chi connectivity index (χ0n) is 13.1. The van der Waals surface area contributed by atoms with E-state index in [0.29, 0.717) is 23.3 Å². The Hall–Kier alpha value is -2.37. The van der Waals surface area contributed by atoms with Crippen molar-refractivity contribution < 1.29 is 9.84 Å². The summed E-state index contributed by atoms with van der Waals surface area (Å²) in [7, 11) is 0. The molecule has 0 spiro atoms. The van der Waals surface area contributed by atoms with Gasteiger partial charge in [0.2, 0.25) is 11.3 Å². The highest BCUT2D eigenvalue weighted by atomic mass is 35.5. The number of rotatable bonds is 7. The van der Waals surface area contributed by atoms with Gasteiger partial charge in [-0.3, -0.25) is 0 Å². The molecule has 0 saturated heterocycles. The van der Waals surface area contributed by atoms with Gasteiger partial charge in [-0.1, -0.05) is 48.0 Å². The molecule has 0 aliphatic heterocycles. The Labute approximate surface area is 152 Å². The minimum absolute atomic E-state index is 0.400. The number of ether oxygens (including phenoxy) is 1. The maximum Gasteiger partial charge on any atom is 0.224 e. The molecule has 0 bridgehead atoms. The van der Waals surface area contributed by atoms with Crippen molar-refractivity contribution in [1.29, 1.82) is 0 Å². The minimum atomic E-state index is 0.400. The van der Waals surface area contributed by atoms with Crippen molar-refractivity contribution in [2.45, 2.75) is 6.61 Å². The minimum Gasteiger partial charge on any atom is -0.488 e. The zero-order valence-corrected chi connectivity index (χ0v) is 14.7. The van der Waals surface area contributed by atoms with Crippen LogP contribution in [0.2, 0.25) is 5.02 Å². The molecule has 0 aliphatic rings. The van der Waals surface area contributed by atoms with E-state index in [9.17, 15) is 0 Å². The highest BCUT2D eigenvalue weighted by Crippen LogP contribution is 2.20. The Kier molecular flexibility index (Phi) is 7.26. The lowest BCUT2D eigenvalue weighted by molar-refractivity contribution is -0.500. The maximum atomic E-state index is 6.15. The first-order valence-electron chi connectivity index (χ1n) is 7.39. The van der Waals surface area contributed by atoms with Crippen LogP contribution in [0.4, 0.5) is 0 Å². The molecular weight excluding hydrogens is 342 g/mol. The van der Waals surface area contributed by atoms with Crippen LogP contribution < -0.4 is 20.6 Å². The summed E-state index contributed by atoms with van der Waals surface area (Å²) in [5, 5.41) is 7.08. The number of para-hydroxylation sites is 1. The summed E-state index contributed by atoms with van der Waals surface area (Å²) in [4.78, 5) is 0. The van der Waals surface area contributed by atoms with E-state index < -0.39 is 0 Å². The number of hydrogen-bond donors (Lipinski definition) is 3. The number of benzene rings is 2. The van der Waals surface area contributed by atoms with Gasteiger partial charge in [0, 0.05) is 17.1 Å². The summed E-state index contributed by atoms with van der Waals surface area (Å²) in [6.07, 6.45) is 3.51. The van der Waals surface area contributed by atoms with Gasteiger partial charge in [0.1, 0.15) is 12.4 Å². The summed E-state index contributed by atoms with van der Waals surface area (Å²) in [5.41, 5.74) is 4.70. The number of nitrogens with one attached hydrogen (secondary N) is 3. The lowest BCUT2D eigenvalue weighted by Crippen LogP contribution is -2.82. The highest BCUT2D eigenvalue weighted by molar-refractivity contribution is 7.80. The van der Waals surface area contributed by atoms with Crippen molar-refractivity contribution in [3.05, 3.63) is 77.3 Å². The fourth-order valence-electron chi connectivity index (χ4n) is 1.89. The van der Waals surface area contributed by atoms with Gasteiger partial charge in [0.15, 0.2) is 0 Å². The number of halogens is 1. The molecule has 0 fully saturated rings. The molecule has 4 nitrogen and oxygen atoms in total. The number of hydrazine groups is 1. The summed E-state index contributed by atoms with van der Waals surface area (Å²) in [6.45, 7) is 4.62. The molecule has 0 aliphatic carbocycles. The molecule has 3 N–H and O–H groups in total. The second-order valence-electron chi connectivity index (χ2n) is 4.83. The lowest BCUT2D eigenvalue weighted by atomic mass is 10.2. The van der Waals surface area contributed by atoms with Crippen molar-refractivity contribution in [3.8, 4) is 5.75 Å². The first-order valence-corrected chi connectivity index (χ1v) is 8.18. The summed E-state index contributed by atoms with van der Waals surface area (Å²) in [5.74, 6) is 0.747. The van der Waals surface area contributed by atoms with Crippen LogP contribution in [0.5, 0.6) is 5.75 Å². The molecule has 0 aromatic heterocycles. The molecular formula is C18H19ClN3OS+. The standard InChI is InChI=1S/C18H18ClN3OS/c1-2-11-20-18(24)22-21-12-14-7-4-6-10-17(14)23-13-15-8-3-5-9-16(15)19/h2-10,12H,1,11,13H2,(H2,20,22,24)/p+1. The van der Waals surface area contributed by atoms with Crippen LogP contribution in [0, 0.1) is 0 Å². The largest absolute Gasteiger partial charge is 0.488 e. The predicted molar refractivity (Wildman–Crippen MR) is 102 cm³/mol. The fraction of sp³-hybridized carbons (Fsp3) is 0.111. The number of thiocarbonyl (C=S) groups is 1. The van der Waals surface area contributed by atoms with Crippen LogP contribution in [0.15, 0.2) is 61.2 Å². The average Bonchev–Trinajstić information content (AvgIpc) is 2.60. The van der Waals surface area contributed by atoms with E-state index in [-0.39, 0.29) is 0 Å². The molecule has 0 heterocycles. The third kappa shape index (κ3) is 5.68. The highest BCUT2D eigenvalue weighted by Gasteiger charge is 2.05. The third-order valence-electron chi connectivity index (χ3n) is 3.08. The van der Waals surface area contributed by atoms with E-state index in [4.69, 9.17) is 28.6 Å². The van der Waals surface area contributed by atoms with Crippen LogP contribution in [0.3, 0.4) is 0 Å². The van der Waals surface area contributed by atoms with E-state index >= 15 is 0 Å². The molecule has 2 aromatic carbocycles. The van der Waals surface area contributed by atoms with Gasteiger partial charge >= 0.3 is 0 Å². The quantitative estimate of drug-likeness (QED) is 0.306. The second-order valence-corrected chi connectivity index (χ2v) is 5.65. The zero-order chi connectivity index (χ0) is 17.2. The Morgan fingerprint density at radius 3 is 2.75 bits per heavy atom. The van der Waals surface area contributed by atoms with Crippen molar-refractivity contribution in [2.75, 3.05) is 6.54 Å². The van der Waals surface area contributed by atoms with Crippen molar-refractivity contribution >= 4 is 35.1 Å². The van der Waals surface area contributed by atoms with Gasteiger partial charge in [-0.2, -0.15) is 0 Å². The fourth-order valence-corrected chi connectivity index (χ4v) is 2.22. The van der Waals surface area contributed by atoms with Gasteiger partial charge in [-0.05, 0) is 30.4 Å². The van der Waals surface area contributed by atoms with Crippen molar-refractivity contribution in [1.82, 2.24) is 10.7 Å². The van der Waals surface area contributed by atoms with E-state index in [2.05, 4.69) is 22.4 Å². The van der Waals surface area contributed by atoms with Gasteiger partial charge in [0.25, 0.3) is 0 Å². The summed E-state index contributed by atoms with van der Waals surface area (Å²) in [6, 6.07) is 15.3. The Morgan fingerprint density at radius 2 is 1.96 bits per heavy atom. The van der Waals surface area contributed by atoms with Gasteiger partial charge in [-0.15, -0.1) is 17.1 Å². The number of hydrogen-bond acceptors (Lipinski definition) is 2. The van der Waals surface area contributed by atoms with Gasteiger partial charge in [0.05, 0.1) is 5.56 Å². The Morgan fingerprint density at radius 1 is 1.21 bits per heavy atom. The number of hydrazone groups is 1. The van der Waals surface area contributed by atoms with Gasteiger partial charge in [-0.25, -0.2) is 0 Å². The molecule has 124 valence electrons. The third-order valence-corrected chi connectivity index (χ3v) is 3.70. The monoisotopic (exact) mass is 360 g/mol. The van der Waals surface area contributed by atoms with E-state index in [0.717, 1.165) is 16.9 Å². The molecule has 0 radical (unpaired) electrons. The van der Waals surface area contributed by atoms with E-state index in [1.165, 1.54) is 0 Å². The molecule has 0 unspecified atom stereocenters. The predicted octanol–water partition coefficient (Wildman–Crippen LogP) is 1.98. The lowest BCUT2D eigenvalue weighted by Gasteiger charge is -2.09. The molecule has 0 atom stereocenters. The van der Waals surface area contributed by atoms with Crippen LogP contribution in [-0.4, -0.2) is 17.9 Å². The average molecular weight is 361 g/mol. The molecule has 0 amide bonds. The molecule has 6 heteroatoms. The first-order chi connectivity index (χ1) is 11.7. The topological polar surface area (TPSA) is 47.3 Å². The maximum absolute atomic E-state index is 6.15. The van der Waals surface area contributed by atoms with Crippen molar-refractivity contribution in [3.63, 3.8) is 0 Å². The van der Waals surface area contributed by atoms with Crippen LogP contribution in [0.25, 0.3) is 0 Å². The van der Waals surface area contributed by atoms with Crippen LogP contribution in [-0.2, 0) is 6.61 Å². The van der Waals surface area contributed by atoms with Crippen LogP contribution >= 0.6 is 23.8 Å². The first kappa shape index (κ1) is 18.0. The van der Waals surface area contributed by atoms with Gasteiger partial charge < -0.3 is 10.1 Å². The normalized spacial score (nSPS) is 10.4. The molecule has 2 rings (SSSR count). The van der Waals surface area contributed by atoms with Crippen molar-refractivity contribution in [2.24, 2.45) is 0 Å². The Bertz CT molecular complexity index is 734. The van der Waals surface area contributed by atoms with E-state index in [1.54, 1.807) is 12.3 Å². The van der Waals surface area contributed by atoms with E-state index in [1.807, 2.05) is 48.5 Å². The SMILES string of the molecule is C=CCNC(=S)N[NH+]=Cc1ccccc1OCc1ccccc1Cl. The smallest absolute Gasteiger partial charge is 0.224 e.